The van der Waals surface area contributed by atoms with E-state index in [4.69, 9.17) is 0 Å². The topological polar surface area (TPSA) is 67.7 Å². The number of hydrogen-bond acceptors (Lipinski definition) is 6. The van der Waals surface area contributed by atoms with Crippen LogP contribution in [-0.4, -0.2) is 38.9 Å². The van der Waals surface area contributed by atoms with Gasteiger partial charge in [0.2, 0.25) is 0 Å². The van der Waals surface area contributed by atoms with Crippen molar-refractivity contribution in [3.63, 3.8) is 0 Å². The summed E-state index contributed by atoms with van der Waals surface area (Å²) in [6.45, 7) is 2.14. The molecule has 1 fully saturated rings. The van der Waals surface area contributed by atoms with Crippen molar-refractivity contribution in [3.05, 3.63) is 36.7 Å². The molecule has 0 bridgehead atoms. The van der Waals surface area contributed by atoms with Gasteiger partial charge in [0.1, 0.15) is 0 Å². The Hall–Kier alpha value is -2.51. The number of piperidine rings is 1. The Morgan fingerprint density at radius 1 is 1.19 bits per heavy atom. The minimum atomic E-state index is 0.504. The van der Waals surface area contributed by atoms with Gasteiger partial charge in [-0.3, -0.25) is 4.68 Å². The summed E-state index contributed by atoms with van der Waals surface area (Å²) in [4.78, 5) is 9.24. The summed E-state index contributed by atoms with van der Waals surface area (Å²) < 4.78 is 2.96. The molecule has 1 aliphatic heterocycles. The molecule has 1 aliphatic rings. The Kier molecular flexibility index (Phi) is 3.83. The molecule has 5 rings (SSSR count). The Morgan fingerprint density at radius 2 is 2.08 bits per heavy atom. The zero-order valence-corrected chi connectivity index (χ0v) is 15.4. The molecule has 4 heterocycles. The predicted octanol–water partition coefficient (Wildman–Crippen LogP) is 3.41. The smallest absolute Gasteiger partial charge is 0.185 e. The van der Waals surface area contributed by atoms with Crippen molar-refractivity contribution in [3.8, 4) is 11.1 Å². The summed E-state index contributed by atoms with van der Waals surface area (Å²) in [5.74, 6) is 0. The highest BCUT2D eigenvalue weighted by molar-refractivity contribution is 7.22. The van der Waals surface area contributed by atoms with Crippen LogP contribution in [0.5, 0.6) is 0 Å². The van der Waals surface area contributed by atoms with Crippen molar-refractivity contribution >= 4 is 37.7 Å². The molecular formula is C19H20N6S. The summed E-state index contributed by atoms with van der Waals surface area (Å²) >= 11 is 1.69. The second kappa shape index (κ2) is 6.34. The molecule has 132 valence electrons. The molecule has 7 heteroatoms. The number of pyridine rings is 1. The van der Waals surface area contributed by atoms with Gasteiger partial charge in [0.25, 0.3) is 0 Å². The highest BCUT2D eigenvalue weighted by atomic mass is 32.1. The lowest BCUT2D eigenvalue weighted by Gasteiger charge is -2.23. The van der Waals surface area contributed by atoms with Gasteiger partial charge in [-0.2, -0.15) is 5.10 Å². The number of nitrogens with zero attached hydrogens (tertiary/aromatic N) is 4. The number of rotatable bonds is 3. The molecule has 0 atom stereocenters. The van der Waals surface area contributed by atoms with E-state index in [0.717, 1.165) is 63.4 Å². The lowest BCUT2D eigenvalue weighted by molar-refractivity contribution is 0.479. The third-order valence-electron chi connectivity index (χ3n) is 4.87. The van der Waals surface area contributed by atoms with Crippen molar-refractivity contribution < 1.29 is 0 Å². The van der Waals surface area contributed by atoms with Gasteiger partial charge in [-0.1, -0.05) is 17.4 Å². The van der Waals surface area contributed by atoms with Crippen LogP contribution in [0.4, 0.5) is 5.13 Å². The van der Waals surface area contributed by atoms with Crippen molar-refractivity contribution in [2.24, 2.45) is 7.05 Å². The third kappa shape index (κ3) is 2.93. The number of fused-ring (bicyclic) bond motifs is 2. The molecule has 0 amide bonds. The number of anilines is 1. The fraction of sp³-hybridized carbons (Fsp3) is 0.316. The van der Waals surface area contributed by atoms with Crippen LogP contribution in [0.3, 0.4) is 0 Å². The molecule has 26 heavy (non-hydrogen) atoms. The standard InChI is InChI=1S/C19H20N6S/c1-25-11-14-8-12(2-3-16(14)24-25)13-9-17-18(21-10-13)23-19(26-17)22-15-4-6-20-7-5-15/h2-3,8-11,15,20H,4-7H2,1H3,(H,21,22,23). The third-order valence-corrected chi connectivity index (χ3v) is 5.79. The number of aromatic nitrogens is 4. The first-order valence-corrected chi connectivity index (χ1v) is 9.74. The van der Waals surface area contributed by atoms with Crippen LogP contribution in [0.15, 0.2) is 36.7 Å². The van der Waals surface area contributed by atoms with Gasteiger partial charge in [-0.25, -0.2) is 9.97 Å². The summed E-state index contributed by atoms with van der Waals surface area (Å²) in [6, 6.07) is 9.02. The lowest BCUT2D eigenvalue weighted by Crippen LogP contribution is -2.35. The summed E-state index contributed by atoms with van der Waals surface area (Å²) in [7, 11) is 1.95. The van der Waals surface area contributed by atoms with Crippen LogP contribution in [0, 0.1) is 0 Å². The van der Waals surface area contributed by atoms with Crippen molar-refractivity contribution in [2.75, 3.05) is 18.4 Å². The average Bonchev–Trinajstić information content (AvgIpc) is 3.22. The van der Waals surface area contributed by atoms with Crippen molar-refractivity contribution in [2.45, 2.75) is 18.9 Å². The monoisotopic (exact) mass is 364 g/mol. The van der Waals surface area contributed by atoms with Gasteiger partial charge in [0, 0.05) is 36.4 Å². The van der Waals surface area contributed by atoms with Crippen LogP contribution in [0.1, 0.15) is 12.8 Å². The predicted molar refractivity (Wildman–Crippen MR) is 107 cm³/mol. The molecule has 0 spiro atoms. The largest absolute Gasteiger partial charge is 0.359 e. The van der Waals surface area contributed by atoms with Gasteiger partial charge >= 0.3 is 0 Å². The molecule has 2 N–H and O–H groups in total. The van der Waals surface area contributed by atoms with Crippen LogP contribution in [0.25, 0.3) is 32.4 Å². The van der Waals surface area contributed by atoms with E-state index in [1.807, 2.05) is 24.1 Å². The SMILES string of the molecule is Cn1cc2cc(-c3cnc4nc(NC5CCNCC5)sc4c3)ccc2n1. The maximum atomic E-state index is 4.66. The van der Waals surface area contributed by atoms with Gasteiger partial charge < -0.3 is 10.6 Å². The number of nitrogens with one attached hydrogen (secondary N) is 2. The molecule has 6 nitrogen and oxygen atoms in total. The van der Waals surface area contributed by atoms with E-state index in [1.54, 1.807) is 11.3 Å². The fourth-order valence-electron chi connectivity index (χ4n) is 3.51. The quantitative estimate of drug-likeness (QED) is 0.583. The van der Waals surface area contributed by atoms with E-state index >= 15 is 0 Å². The molecular weight excluding hydrogens is 344 g/mol. The van der Waals surface area contributed by atoms with E-state index < -0.39 is 0 Å². The first kappa shape index (κ1) is 15.7. The van der Waals surface area contributed by atoms with Crippen LogP contribution in [-0.2, 0) is 7.05 Å². The van der Waals surface area contributed by atoms with Crippen LogP contribution in [0.2, 0.25) is 0 Å². The number of hydrogen-bond donors (Lipinski definition) is 2. The Bertz CT molecular complexity index is 1080. The number of thiazole rings is 1. The zero-order valence-electron chi connectivity index (χ0n) is 14.6. The molecule has 4 aromatic rings. The highest BCUT2D eigenvalue weighted by Gasteiger charge is 2.15. The molecule has 0 radical (unpaired) electrons. The maximum Gasteiger partial charge on any atom is 0.185 e. The summed E-state index contributed by atoms with van der Waals surface area (Å²) in [6.07, 6.45) is 6.23. The van der Waals surface area contributed by atoms with E-state index in [2.05, 4.69) is 50.0 Å². The Balaban J connectivity index is 1.46. The minimum absolute atomic E-state index is 0.504. The summed E-state index contributed by atoms with van der Waals surface area (Å²) in [5.41, 5.74) is 4.09. The summed E-state index contributed by atoms with van der Waals surface area (Å²) in [5, 5.41) is 13.5. The van der Waals surface area contributed by atoms with E-state index in [9.17, 15) is 0 Å². The van der Waals surface area contributed by atoms with Gasteiger partial charge in [-0.05, 0) is 49.7 Å². The number of benzene rings is 1. The number of aryl methyl sites for hydroxylation is 1. The second-order valence-corrected chi connectivity index (χ2v) is 7.84. The lowest BCUT2D eigenvalue weighted by atomic mass is 10.1. The first-order valence-electron chi connectivity index (χ1n) is 8.92. The Labute approximate surface area is 155 Å². The molecule has 1 aromatic carbocycles. The van der Waals surface area contributed by atoms with E-state index in [-0.39, 0.29) is 0 Å². The molecule has 3 aromatic heterocycles. The molecule has 0 aliphatic carbocycles. The van der Waals surface area contributed by atoms with Gasteiger partial charge in [-0.15, -0.1) is 0 Å². The first-order chi connectivity index (χ1) is 12.7. The second-order valence-electron chi connectivity index (χ2n) is 6.81. The Morgan fingerprint density at radius 3 is 2.96 bits per heavy atom. The van der Waals surface area contributed by atoms with Crippen molar-refractivity contribution in [1.82, 2.24) is 25.1 Å². The fourth-order valence-corrected chi connectivity index (χ4v) is 4.45. The van der Waals surface area contributed by atoms with Gasteiger partial charge in [0.05, 0.1) is 10.2 Å². The van der Waals surface area contributed by atoms with Crippen LogP contribution >= 0.6 is 11.3 Å². The van der Waals surface area contributed by atoms with Crippen molar-refractivity contribution in [1.29, 1.82) is 0 Å². The normalized spacial score (nSPS) is 15.7. The zero-order chi connectivity index (χ0) is 17.5. The van der Waals surface area contributed by atoms with E-state index in [1.165, 1.54) is 0 Å². The maximum absolute atomic E-state index is 4.66. The van der Waals surface area contributed by atoms with Gasteiger partial charge in [0.15, 0.2) is 10.8 Å². The van der Waals surface area contributed by atoms with Crippen LogP contribution < -0.4 is 10.6 Å². The molecule has 1 saturated heterocycles. The molecule has 0 saturated carbocycles. The average molecular weight is 364 g/mol. The highest BCUT2D eigenvalue weighted by Crippen LogP contribution is 2.31. The van der Waals surface area contributed by atoms with E-state index in [0.29, 0.717) is 6.04 Å². The molecule has 0 unspecified atom stereocenters. The minimum Gasteiger partial charge on any atom is -0.359 e.